The van der Waals surface area contributed by atoms with Gasteiger partial charge in [0.25, 0.3) is 0 Å². The summed E-state index contributed by atoms with van der Waals surface area (Å²) in [6, 6.07) is 0. The Kier molecular flexibility index (Phi) is 5.47. The first kappa shape index (κ1) is 15.8. The first-order valence-electron chi connectivity index (χ1n) is 7.64. The van der Waals surface area contributed by atoms with Crippen molar-refractivity contribution in [2.45, 2.75) is 52.0 Å². The molecule has 4 nitrogen and oxygen atoms in total. The van der Waals surface area contributed by atoms with Crippen LogP contribution in [-0.4, -0.2) is 28.0 Å². The fraction of sp³-hybridized carbons (Fsp3) is 0.800. The third-order valence-corrected chi connectivity index (χ3v) is 4.98. The summed E-state index contributed by atoms with van der Waals surface area (Å²) in [6.07, 6.45) is 6.86. The van der Waals surface area contributed by atoms with Crippen molar-refractivity contribution < 1.29 is 5.11 Å². The van der Waals surface area contributed by atoms with Crippen molar-refractivity contribution in [3.05, 3.63) is 16.4 Å². The van der Waals surface area contributed by atoms with Crippen LogP contribution in [-0.2, 0) is 20.0 Å². The van der Waals surface area contributed by atoms with E-state index in [1.165, 1.54) is 19.3 Å². The van der Waals surface area contributed by atoms with E-state index in [1.807, 2.05) is 11.7 Å². The summed E-state index contributed by atoms with van der Waals surface area (Å²) in [5.74, 6) is 0. The van der Waals surface area contributed by atoms with Gasteiger partial charge in [0.05, 0.1) is 16.4 Å². The summed E-state index contributed by atoms with van der Waals surface area (Å²) in [6.45, 7) is 3.91. The van der Waals surface area contributed by atoms with E-state index in [-0.39, 0.29) is 12.0 Å². The molecule has 2 N–H and O–H groups in total. The number of aliphatic hydroxyl groups excluding tert-OH is 1. The second-order valence-electron chi connectivity index (χ2n) is 6.01. The normalized spacial score (nSPS) is 18.4. The van der Waals surface area contributed by atoms with Gasteiger partial charge in [0, 0.05) is 32.2 Å². The molecule has 0 aliphatic heterocycles. The SMILES string of the molecule is CCc1nn(C)c(CNCC2(CO)CCCCC2)c1Cl. The lowest BCUT2D eigenvalue weighted by Crippen LogP contribution is -2.39. The fourth-order valence-corrected chi connectivity index (χ4v) is 3.51. The molecule has 1 aliphatic carbocycles. The van der Waals surface area contributed by atoms with Crippen molar-refractivity contribution in [2.24, 2.45) is 12.5 Å². The number of aryl methyl sites for hydroxylation is 2. The standard InChI is InChI=1S/C15H26ClN3O/c1-3-12-14(16)13(19(2)18-12)9-17-10-15(11-20)7-5-4-6-8-15/h17,20H,3-11H2,1-2H3. The predicted molar refractivity (Wildman–Crippen MR) is 81.9 cm³/mol. The molecule has 0 spiro atoms. The smallest absolute Gasteiger partial charge is 0.0863 e. The molecule has 1 aromatic rings. The Bertz CT molecular complexity index is 439. The molecule has 114 valence electrons. The van der Waals surface area contributed by atoms with Crippen LogP contribution >= 0.6 is 11.6 Å². The number of nitrogens with zero attached hydrogens (tertiary/aromatic N) is 2. The number of hydrogen-bond acceptors (Lipinski definition) is 3. The lowest BCUT2D eigenvalue weighted by atomic mass is 9.74. The van der Waals surface area contributed by atoms with Crippen LogP contribution in [0.5, 0.6) is 0 Å². The van der Waals surface area contributed by atoms with E-state index in [9.17, 15) is 5.11 Å². The Morgan fingerprint density at radius 3 is 2.60 bits per heavy atom. The van der Waals surface area contributed by atoms with Crippen molar-refractivity contribution in [3.63, 3.8) is 0 Å². The van der Waals surface area contributed by atoms with Crippen LogP contribution in [0.15, 0.2) is 0 Å². The minimum Gasteiger partial charge on any atom is -0.396 e. The van der Waals surface area contributed by atoms with Gasteiger partial charge in [-0.05, 0) is 19.3 Å². The van der Waals surface area contributed by atoms with E-state index in [0.29, 0.717) is 6.54 Å². The molecule has 0 saturated heterocycles. The molecule has 0 atom stereocenters. The van der Waals surface area contributed by atoms with Gasteiger partial charge in [0.15, 0.2) is 0 Å². The van der Waals surface area contributed by atoms with Gasteiger partial charge < -0.3 is 10.4 Å². The molecular formula is C15H26ClN3O. The Balaban J connectivity index is 1.93. The van der Waals surface area contributed by atoms with Gasteiger partial charge >= 0.3 is 0 Å². The van der Waals surface area contributed by atoms with Crippen LogP contribution in [0.1, 0.15) is 50.4 Å². The Morgan fingerprint density at radius 1 is 1.35 bits per heavy atom. The Labute approximate surface area is 126 Å². The summed E-state index contributed by atoms with van der Waals surface area (Å²) in [4.78, 5) is 0. The van der Waals surface area contributed by atoms with Gasteiger partial charge in [-0.2, -0.15) is 5.10 Å². The molecule has 1 fully saturated rings. The minimum atomic E-state index is 0.0664. The zero-order chi connectivity index (χ0) is 14.6. The third-order valence-electron chi connectivity index (χ3n) is 4.55. The van der Waals surface area contributed by atoms with Crippen molar-refractivity contribution in [2.75, 3.05) is 13.2 Å². The second-order valence-corrected chi connectivity index (χ2v) is 6.38. The van der Waals surface area contributed by atoms with Crippen LogP contribution < -0.4 is 5.32 Å². The van der Waals surface area contributed by atoms with Gasteiger partial charge in [0.2, 0.25) is 0 Å². The Morgan fingerprint density at radius 2 is 2.05 bits per heavy atom. The highest BCUT2D eigenvalue weighted by Gasteiger charge is 2.31. The molecule has 0 bridgehead atoms. The topological polar surface area (TPSA) is 50.1 Å². The molecule has 2 rings (SSSR count). The zero-order valence-electron chi connectivity index (χ0n) is 12.6. The highest BCUT2D eigenvalue weighted by atomic mass is 35.5. The lowest BCUT2D eigenvalue weighted by Gasteiger charge is -2.35. The van der Waals surface area contributed by atoms with Crippen molar-refractivity contribution >= 4 is 11.6 Å². The second kappa shape index (κ2) is 6.92. The molecular weight excluding hydrogens is 274 g/mol. The first-order valence-corrected chi connectivity index (χ1v) is 8.01. The molecule has 1 aromatic heterocycles. The maximum atomic E-state index is 9.71. The van der Waals surface area contributed by atoms with E-state index in [0.717, 1.165) is 42.2 Å². The molecule has 0 unspecified atom stereocenters. The quantitative estimate of drug-likeness (QED) is 0.849. The summed E-state index contributed by atoms with van der Waals surface area (Å²) in [5.41, 5.74) is 2.06. The number of aromatic nitrogens is 2. The van der Waals surface area contributed by atoms with E-state index in [4.69, 9.17) is 11.6 Å². The zero-order valence-corrected chi connectivity index (χ0v) is 13.3. The largest absolute Gasteiger partial charge is 0.396 e. The average Bonchev–Trinajstić information content (AvgIpc) is 2.75. The molecule has 1 saturated carbocycles. The van der Waals surface area contributed by atoms with E-state index in [1.54, 1.807) is 0 Å². The molecule has 20 heavy (non-hydrogen) atoms. The summed E-state index contributed by atoms with van der Waals surface area (Å²) in [7, 11) is 1.93. The molecule has 1 aliphatic rings. The van der Waals surface area contributed by atoms with Crippen molar-refractivity contribution in [1.29, 1.82) is 0 Å². The molecule has 0 aromatic carbocycles. The molecule has 5 heteroatoms. The summed E-state index contributed by atoms with van der Waals surface area (Å²) in [5, 5.41) is 18.4. The van der Waals surface area contributed by atoms with E-state index in [2.05, 4.69) is 17.3 Å². The summed E-state index contributed by atoms with van der Waals surface area (Å²) >= 11 is 6.35. The molecule has 0 amide bonds. The van der Waals surface area contributed by atoms with Gasteiger partial charge in [0.1, 0.15) is 0 Å². The number of halogens is 1. The van der Waals surface area contributed by atoms with Crippen LogP contribution in [0, 0.1) is 5.41 Å². The van der Waals surface area contributed by atoms with E-state index < -0.39 is 0 Å². The highest BCUT2D eigenvalue weighted by Crippen LogP contribution is 2.35. The minimum absolute atomic E-state index is 0.0664. The fourth-order valence-electron chi connectivity index (χ4n) is 3.15. The van der Waals surface area contributed by atoms with E-state index >= 15 is 0 Å². The molecule has 0 radical (unpaired) electrons. The number of hydrogen-bond donors (Lipinski definition) is 2. The highest BCUT2D eigenvalue weighted by molar-refractivity contribution is 6.31. The van der Waals surface area contributed by atoms with Crippen molar-refractivity contribution in [1.82, 2.24) is 15.1 Å². The summed E-state index contributed by atoms with van der Waals surface area (Å²) < 4.78 is 1.86. The monoisotopic (exact) mass is 299 g/mol. The number of aliphatic hydroxyl groups is 1. The average molecular weight is 300 g/mol. The first-order chi connectivity index (χ1) is 9.62. The van der Waals surface area contributed by atoms with Gasteiger partial charge in [-0.3, -0.25) is 4.68 Å². The maximum absolute atomic E-state index is 9.71. The van der Waals surface area contributed by atoms with Crippen LogP contribution in [0.4, 0.5) is 0 Å². The lowest BCUT2D eigenvalue weighted by molar-refractivity contribution is 0.0809. The number of rotatable bonds is 6. The van der Waals surface area contributed by atoms with Crippen LogP contribution in [0.2, 0.25) is 5.02 Å². The van der Waals surface area contributed by atoms with Crippen LogP contribution in [0.25, 0.3) is 0 Å². The van der Waals surface area contributed by atoms with Gasteiger partial charge in [-0.25, -0.2) is 0 Å². The van der Waals surface area contributed by atoms with Gasteiger partial charge in [-0.1, -0.05) is 37.8 Å². The predicted octanol–water partition coefficient (Wildman–Crippen LogP) is 2.67. The van der Waals surface area contributed by atoms with Gasteiger partial charge in [-0.15, -0.1) is 0 Å². The Hall–Kier alpha value is -0.580. The molecule has 1 heterocycles. The maximum Gasteiger partial charge on any atom is 0.0863 e. The number of nitrogens with one attached hydrogen (secondary N) is 1. The van der Waals surface area contributed by atoms with Crippen LogP contribution in [0.3, 0.4) is 0 Å². The third kappa shape index (κ3) is 3.35. The van der Waals surface area contributed by atoms with Crippen molar-refractivity contribution in [3.8, 4) is 0 Å².